The van der Waals surface area contributed by atoms with Crippen molar-refractivity contribution in [2.24, 2.45) is 0 Å². The molecule has 0 saturated heterocycles. The first-order valence-electron chi connectivity index (χ1n) is 12.5. The van der Waals surface area contributed by atoms with Crippen LogP contribution in [0.5, 0.6) is 0 Å². The van der Waals surface area contributed by atoms with E-state index in [0.29, 0.717) is 36.4 Å². The second-order valence-electron chi connectivity index (χ2n) is 9.05. The van der Waals surface area contributed by atoms with E-state index in [1.807, 2.05) is 0 Å². The lowest BCUT2D eigenvalue weighted by atomic mass is 10.2. The van der Waals surface area contributed by atoms with Gasteiger partial charge in [0.05, 0.1) is 19.0 Å². The number of imidazole rings is 1. The maximum Gasteiger partial charge on any atom is 0.488 e. The number of nitrogens with zero attached hydrogens (tertiary/aromatic N) is 5. The summed E-state index contributed by atoms with van der Waals surface area (Å²) >= 11 is 0. The van der Waals surface area contributed by atoms with Gasteiger partial charge in [0.15, 0.2) is 11.5 Å². The molecule has 43 heavy (non-hydrogen) atoms. The fourth-order valence-electron chi connectivity index (χ4n) is 3.71. The second kappa shape index (κ2) is 14.7. The number of amides is 3. The maximum absolute atomic E-state index is 12.1. The van der Waals surface area contributed by atoms with E-state index in [9.17, 15) is 37.9 Å². The fraction of sp³-hybridized carbons (Fsp3) is 0.500. The standard InChI is InChI=1S/C20H30N7O13P3/c1-14(38-13-41(31,32)39-43(36,37)40-42(33,34)35)10-26-12-25-18-19(23-11-24-20(18)26)22-8-7-21-15(28)4-2-3-9-27-16(29)5-6-17(27)30/h5-6,11-12,14H,2-4,7-10,13H2,1H3,(H,21,28)(H,31,32)(H,36,37)(H,22,23,24)(H2,33,34,35)/t14-/m1/s1. The maximum atomic E-state index is 12.1. The van der Waals surface area contributed by atoms with Crippen molar-refractivity contribution < 1.29 is 61.0 Å². The predicted octanol–water partition coefficient (Wildman–Crippen LogP) is 0.224. The van der Waals surface area contributed by atoms with E-state index in [0.717, 1.165) is 4.90 Å². The van der Waals surface area contributed by atoms with Crippen LogP contribution in [0.15, 0.2) is 24.8 Å². The highest BCUT2D eigenvalue weighted by atomic mass is 31.3. The monoisotopic (exact) mass is 669 g/mol. The number of imide groups is 1. The van der Waals surface area contributed by atoms with Crippen LogP contribution < -0.4 is 10.6 Å². The number of hydrogen-bond donors (Lipinski definition) is 6. The summed E-state index contributed by atoms with van der Waals surface area (Å²) in [6.45, 7) is 2.38. The Labute approximate surface area is 243 Å². The molecule has 238 valence electrons. The topological polar surface area (TPSA) is 282 Å². The van der Waals surface area contributed by atoms with Crippen LogP contribution in [0.3, 0.4) is 0 Å². The van der Waals surface area contributed by atoms with Crippen LogP contribution >= 0.6 is 23.2 Å². The van der Waals surface area contributed by atoms with Crippen molar-refractivity contribution in [1.29, 1.82) is 0 Å². The molecule has 3 rings (SSSR count). The minimum Gasteiger partial charge on any atom is -0.366 e. The largest absolute Gasteiger partial charge is 0.488 e. The lowest BCUT2D eigenvalue weighted by Crippen LogP contribution is -2.31. The summed E-state index contributed by atoms with van der Waals surface area (Å²) < 4.78 is 48.5. The third-order valence-corrected chi connectivity index (χ3v) is 9.49. The summed E-state index contributed by atoms with van der Waals surface area (Å²) in [5.41, 5.74) is 0.758. The van der Waals surface area contributed by atoms with Gasteiger partial charge in [-0.15, -0.1) is 0 Å². The summed E-state index contributed by atoms with van der Waals surface area (Å²) in [5.74, 6) is -0.538. The molecule has 0 aliphatic carbocycles. The predicted molar refractivity (Wildman–Crippen MR) is 146 cm³/mol. The molecule has 0 spiro atoms. The van der Waals surface area contributed by atoms with E-state index in [2.05, 4.69) is 34.2 Å². The normalized spacial score (nSPS) is 17.2. The fourth-order valence-corrected chi connectivity index (χ4v) is 7.09. The second-order valence-corrected chi connectivity index (χ2v) is 13.8. The number of fused-ring (bicyclic) bond motifs is 1. The molecule has 3 atom stereocenters. The smallest absolute Gasteiger partial charge is 0.366 e. The molecule has 3 amide bonds. The van der Waals surface area contributed by atoms with Gasteiger partial charge in [0.25, 0.3) is 11.8 Å². The molecule has 1 aliphatic heterocycles. The molecule has 1 aliphatic rings. The number of anilines is 1. The summed E-state index contributed by atoms with van der Waals surface area (Å²) in [5, 5.41) is 5.79. The first-order chi connectivity index (χ1) is 20.1. The minimum atomic E-state index is -5.56. The van der Waals surface area contributed by atoms with Crippen LogP contribution in [0, 0.1) is 0 Å². The zero-order chi connectivity index (χ0) is 31.8. The molecule has 2 aromatic heterocycles. The summed E-state index contributed by atoms with van der Waals surface area (Å²) in [4.78, 5) is 85.0. The number of hydrogen-bond acceptors (Lipinski definition) is 13. The van der Waals surface area contributed by atoms with Crippen LogP contribution in [0.1, 0.15) is 26.2 Å². The van der Waals surface area contributed by atoms with Crippen molar-refractivity contribution in [2.45, 2.75) is 38.8 Å². The lowest BCUT2D eigenvalue weighted by Gasteiger charge is -2.19. The molecule has 3 heterocycles. The zero-order valence-electron chi connectivity index (χ0n) is 22.6. The van der Waals surface area contributed by atoms with Crippen molar-refractivity contribution >= 4 is 57.9 Å². The molecule has 0 saturated carbocycles. The molecular formula is C20H30N7O13P3. The number of carbonyl (C=O) groups is 3. The van der Waals surface area contributed by atoms with Crippen molar-refractivity contribution in [3.8, 4) is 0 Å². The number of carbonyl (C=O) groups excluding carboxylic acids is 3. The number of phosphoric acid groups is 2. The summed E-state index contributed by atoms with van der Waals surface area (Å²) in [6, 6.07) is 0. The summed E-state index contributed by atoms with van der Waals surface area (Å²) in [7, 11) is -16.0. The van der Waals surface area contributed by atoms with Crippen molar-refractivity contribution in [2.75, 3.05) is 31.3 Å². The first kappa shape index (κ1) is 34.6. The molecular weight excluding hydrogens is 639 g/mol. The number of unbranched alkanes of at least 4 members (excludes halogenated alkanes) is 1. The highest BCUT2D eigenvalue weighted by Crippen LogP contribution is 2.65. The van der Waals surface area contributed by atoms with E-state index < -0.39 is 35.7 Å². The molecule has 0 fully saturated rings. The molecule has 23 heteroatoms. The van der Waals surface area contributed by atoms with Gasteiger partial charge in [-0.1, -0.05) is 0 Å². The molecule has 6 N–H and O–H groups in total. The average molecular weight is 669 g/mol. The minimum absolute atomic E-state index is 0.0510. The highest BCUT2D eigenvalue weighted by Gasteiger charge is 2.39. The average Bonchev–Trinajstić information content (AvgIpc) is 3.44. The number of ether oxygens (including phenoxy) is 1. The van der Waals surface area contributed by atoms with Gasteiger partial charge in [-0.05, 0) is 19.8 Å². The first-order valence-corrected chi connectivity index (χ1v) is 17.3. The van der Waals surface area contributed by atoms with Gasteiger partial charge in [-0.25, -0.2) is 28.4 Å². The van der Waals surface area contributed by atoms with Gasteiger partial charge in [0, 0.05) is 38.2 Å². The molecule has 0 aromatic carbocycles. The van der Waals surface area contributed by atoms with Crippen molar-refractivity contribution in [3.63, 3.8) is 0 Å². The van der Waals surface area contributed by atoms with E-state index in [1.165, 1.54) is 31.7 Å². The van der Waals surface area contributed by atoms with Crippen LogP contribution in [0.2, 0.25) is 0 Å². The number of rotatable bonds is 18. The van der Waals surface area contributed by atoms with Gasteiger partial charge in [-0.2, -0.15) is 4.31 Å². The zero-order valence-corrected chi connectivity index (χ0v) is 25.3. The van der Waals surface area contributed by atoms with Gasteiger partial charge in [0.2, 0.25) is 5.91 Å². The molecule has 2 aromatic rings. The van der Waals surface area contributed by atoms with E-state index >= 15 is 0 Å². The number of aromatic nitrogens is 4. The Kier molecular flexibility index (Phi) is 11.8. The Balaban J connectivity index is 1.41. The quantitative estimate of drug-likeness (QED) is 0.0703. The van der Waals surface area contributed by atoms with Crippen molar-refractivity contribution in [3.05, 3.63) is 24.8 Å². The van der Waals surface area contributed by atoms with E-state index in [-0.39, 0.29) is 43.8 Å². The van der Waals surface area contributed by atoms with Crippen LogP contribution in [0.4, 0.5) is 5.82 Å². The SMILES string of the molecule is C[C@H](Cn1cnc2c(NCCNC(=O)CCCCN3C(=O)C=CC3=O)ncnc21)OCP(=O)(O)OP(=O)(O)OP(=O)(O)O. The molecule has 20 nitrogen and oxygen atoms in total. The van der Waals surface area contributed by atoms with Crippen LogP contribution in [-0.4, -0.2) is 93.8 Å². The van der Waals surface area contributed by atoms with Gasteiger partial charge >= 0.3 is 23.2 Å². The highest BCUT2D eigenvalue weighted by molar-refractivity contribution is 7.68. The van der Waals surface area contributed by atoms with E-state index in [1.54, 1.807) is 4.57 Å². The Morgan fingerprint density at radius 3 is 2.37 bits per heavy atom. The Hall–Kier alpha value is -2.89. The Morgan fingerprint density at radius 1 is 1.00 bits per heavy atom. The van der Waals surface area contributed by atoms with Gasteiger partial charge < -0.3 is 39.5 Å². The molecule has 0 radical (unpaired) electrons. The Bertz CT molecular complexity index is 1490. The Morgan fingerprint density at radius 2 is 1.70 bits per heavy atom. The van der Waals surface area contributed by atoms with Gasteiger partial charge in [0.1, 0.15) is 18.2 Å². The third kappa shape index (κ3) is 11.3. The van der Waals surface area contributed by atoms with Crippen LogP contribution in [0.25, 0.3) is 11.2 Å². The molecule has 0 bridgehead atoms. The number of nitrogens with one attached hydrogen (secondary N) is 2. The van der Waals surface area contributed by atoms with Crippen molar-refractivity contribution in [1.82, 2.24) is 29.7 Å². The molecule has 2 unspecified atom stereocenters. The van der Waals surface area contributed by atoms with Crippen LogP contribution in [-0.2, 0) is 48.0 Å². The lowest BCUT2D eigenvalue weighted by molar-refractivity contribution is -0.136. The van der Waals surface area contributed by atoms with E-state index in [4.69, 9.17) is 14.5 Å². The van der Waals surface area contributed by atoms with Gasteiger partial charge in [-0.3, -0.25) is 23.8 Å². The summed E-state index contributed by atoms with van der Waals surface area (Å²) in [6.07, 6.45) is 4.44. The third-order valence-electron chi connectivity index (χ3n) is 5.49.